The Balaban J connectivity index is 2.53. The number of rotatable bonds is 6. The summed E-state index contributed by atoms with van der Waals surface area (Å²) < 4.78 is 105. The molecule has 0 heterocycles. The zero-order chi connectivity index (χ0) is 24.5. The third-order valence-corrected chi connectivity index (χ3v) is 6.89. The normalized spacial score (nSPS) is 21.7. The first-order valence-corrected chi connectivity index (χ1v) is 10.6. The zero-order valence-electron chi connectivity index (χ0n) is 16.5. The Bertz CT molecular complexity index is 988. The standard InChI is InChI=1S/C18H19F6N3O4S/c1-27(15-4-2-3-14(13(15)8-25)26-9-16(28)29)32(30,31)12-6-10(17(19,20)21)5-11(7-12)18(22,23)24/h5-8,13,15,25H,2-4,9H2,1H3,(H,28,29). The van der Waals surface area contributed by atoms with Crippen molar-refractivity contribution in [2.45, 2.75) is 42.6 Å². The predicted octanol–water partition coefficient (Wildman–Crippen LogP) is 3.69. The summed E-state index contributed by atoms with van der Waals surface area (Å²) in [5.74, 6) is -2.23. The van der Waals surface area contributed by atoms with E-state index >= 15 is 0 Å². The molecule has 0 radical (unpaired) electrons. The van der Waals surface area contributed by atoms with Crippen LogP contribution in [0.3, 0.4) is 0 Å². The minimum Gasteiger partial charge on any atom is -0.480 e. The quantitative estimate of drug-likeness (QED) is 0.471. The summed E-state index contributed by atoms with van der Waals surface area (Å²) in [7, 11) is -3.85. The third-order valence-electron chi connectivity index (χ3n) is 5.03. The van der Waals surface area contributed by atoms with Gasteiger partial charge in [-0.3, -0.25) is 9.79 Å². The van der Waals surface area contributed by atoms with Gasteiger partial charge in [0.25, 0.3) is 0 Å². The average molecular weight is 487 g/mol. The second-order valence-corrected chi connectivity index (χ2v) is 9.11. The number of nitrogens with one attached hydrogen (secondary N) is 1. The van der Waals surface area contributed by atoms with E-state index in [1.54, 1.807) is 0 Å². The minimum absolute atomic E-state index is 0.128. The highest BCUT2D eigenvalue weighted by molar-refractivity contribution is 7.89. The van der Waals surface area contributed by atoms with Crippen LogP contribution >= 0.6 is 0 Å². The van der Waals surface area contributed by atoms with Crippen LogP contribution in [0, 0.1) is 11.3 Å². The van der Waals surface area contributed by atoms with E-state index in [0.717, 1.165) is 13.3 Å². The summed E-state index contributed by atoms with van der Waals surface area (Å²) in [4.78, 5) is 13.4. The van der Waals surface area contributed by atoms with E-state index in [0.29, 0.717) is 10.7 Å². The van der Waals surface area contributed by atoms with E-state index in [2.05, 4.69) is 4.99 Å². The molecule has 2 rings (SSSR count). The molecule has 1 fully saturated rings. The first kappa shape index (κ1) is 25.8. The monoisotopic (exact) mass is 487 g/mol. The molecule has 0 amide bonds. The second kappa shape index (κ2) is 9.17. The highest BCUT2D eigenvalue weighted by Crippen LogP contribution is 2.38. The lowest BCUT2D eigenvalue weighted by Crippen LogP contribution is -2.47. The molecule has 0 bridgehead atoms. The fraction of sp³-hybridized carbons (Fsp3) is 0.500. The molecular formula is C18H19F6N3O4S. The second-order valence-electron chi connectivity index (χ2n) is 7.12. The van der Waals surface area contributed by atoms with Crippen molar-refractivity contribution in [2.24, 2.45) is 10.9 Å². The van der Waals surface area contributed by atoms with Crippen LogP contribution in [0.5, 0.6) is 0 Å². The van der Waals surface area contributed by atoms with Gasteiger partial charge in [-0.1, -0.05) is 0 Å². The Morgan fingerprint density at radius 3 is 2.16 bits per heavy atom. The number of hydrogen-bond acceptors (Lipinski definition) is 5. The molecule has 2 atom stereocenters. The van der Waals surface area contributed by atoms with Gasteiger partial charge in [0.15, 0.2) is 0 Å². The molecule has 1 aliphatic carbocycles. The average Bonchev–Trinajstić information content (AvgIpc) is 2.69. The van der Waals surface area contributed by atoms with Gasteiger partial charge in [-0.05, 0) is 37.5 Å². The number of sulfonamides is 1. The fourth-order valence-electron chi connectivity index (χ4n) is 3.45. The Morgan fingerprint density at radius 2 is 1.72 bits per heavy atom. The number of halogens is 6. The van der Waals surface area contributed by atoms with Gasteiger partial charge in [0.1, 0.15) is 6.54 Å². The molecule has 14 heteroatoms. The van der Waals surface area contributed by atoms with Crippen LogP contribution in [0.1, 0.15) is 30.4 Å². The molecule has 1 saturated carbocycles. The van der Waals surface area contributed by atoms with Gasteiger partial charge in [-0.15, -0.1) is 0 Å². The van der Waals surface area contributed by atoms with Crippen LogP contribution in [-0.2, 0) is 27.2 Å². The molecule has 7 nitrogen and oxygen atoms in total. The van der Waals surface area contributed by atoms with Crippen LogP contribution in [0.25, 0.3) is 0 Å². The summed E-state index contributed by atoms with van der Waals surface area (Å²) in [6.45, 7) is -0.620. The van der Waals surface area contributed by atoms with Crippen molar-refractivity contribution < 1.29 is 44.7 Å². The van der Waals surface area contributed by atoms with Gasteiger partial charge >= 0.3 is 18.3 Å². The number of carboxylic acids is 1. The van der Waals surface area contributed by atoms with Crippen molar-refractivity contribution in [3.8, 4) is 0 Å². The van der Waals surface area contributed by atoms with Crippen molar-refractivity contribution in [3.05, 3.63) is 29.3 Å². The van der Waals surface area contributed by atoms with Crippen LogP contribution in [0.4, 0.5) is 26.3 Å². The Labute approximate surface area is 179 Å². The molecule has 2 unspecified atom stereocenters. The topological polar surface area (TPSA) is 111 Å². The van der Waals surface area contributed by atoms with Gasteiger partial charge in [0.2, 0.25) is 10.0 Å². The van der Waals surface area contributed by atoms with E-state index in [9.17, 15) is 39.6 Å². The number of benzene rings is 1. The largest absolute Gasteiger partial charge is 0.480 e. The molecule has 0 aliphatic heterocycles. The summed E-state index contributed by atoms with van der Waals surface area (Å²) in [5, 5.41) is 16.4. The lowest BCUT2D eigenvalue weighted by Gasteiger charge is -2.36. The lowest BCUT2D eigenvalue weighted by atomic mass is 9.83. The first-order chi connectivity index (χ1) is 14.6. The summed E-state index contributed by atoms with van der Waals surface area (Å²) in [6.07, 6.45) is -8.84. The van der Waals surface area contributed by atoms with Gasteiger partial charge < -0.3 is 10.5 Å². The van der Waals surface area contributed by atoms with Crippen LogP contribution < -0.4 is 0 Å². The summed E-state index contributed by atoms with van der Waals surface area (Å²) in [5.41, 5.74) is -3.31. The van der Waals surface area contributed by atoms with E-state index in [1.807, 2.05) is 0 Å². The number of aliphatic imine (C=N–C) groups is 1. The molecule has 1 aromatic carbocycles. The zero-order valence-corrected chi connectivity index (χ0v) is 17.4. The molecule has 2 N–H and O–H groups in total. The van der Waals surface area contributed by atoms with E-state index < -0.39 is 62.9 Å². The van der Waals surface area contributed by atoms with Gasteiger partial charge in [-0.2, -0.15) is 30.6 Å². The maximum absolute atomic E-state index is 13.1. The van der Waals surface area contributed by atoms with Crippen molar-refractivity contribution in [1.29, 1.82) is 5.41 Å². The van der Waals surface area contributed by atoms with Gasteiger partial charge in [0.05, 0.1) is 16.0 Å². The molecule has 178 valence electrons. The summed E-state index contributed by atoms with van der Waals surface area (Å²) in [6, 6.07) is -0.954. The number of carbonyl (C=O) groups is 1. The summed E-state index contributed by atoms with van der Waals surface area (Å²) >= 11 is 0. The van der Waals surface area contributed by atoms with Gasteiger partial charge in [-0.25, -0.2) is 8.42 Å². The fourth-order valence-corrected chi connectivity index (χ4v) is 4.93. The predicted molar refractivity (Wildman–Crippen MR) is 101 cm³/mol. The molecular weight excluding hydrogens is 468 g/mol. The molecule has 32 heavy (non-hydrogen) atoms. The number of aliphatic carboxylic acids is 1. The highest BCUT2D eigenvalue weighted by Gasteiger charge is 2.41. The van der Waals surface area contributed by atoms with Crippen molar-refractivity contribution >= 4 is 27.9 Å². The van der Waals surface area contributed by atoms with E-state index in [1.165, 1.54) is 0 Å². The molecule has 1 aromatic rings. The number of hydrogen-bond donors (Lipinski definition) is 2. The molecule has 1 aliphatic rings. The Morgan fingerprint density at radius 1 is 1.19 bits per heavy atom. The van der Waals surface area contributed by atoms with Gasteiger partial charge in [0, 0.05) is 30.9 Å². The third kappa shape index (κ3) is 5.65. The van der Waals surface area contributed by atoms with Crippen LogP contribution in [0.2, 0.25) is 0 Å². The first-order valence-electron chi connectivity index (χ1n) is 9.12. The number of carboxylic acid groups (broad SMARTS) is 1. The Kier molecular flexibility index (Phi) is 7.39. The lowest BCUT2D eigenvalue weighted by molar-refractivity contribution is -0.143. The van der Waals surface area contributed by atoms with Crippen molar-refractivity contribution in [1.82, 2.24) is 4.31 Å². The van der Waals surface area contributed by atoms with Crippen LogP contribution in [-0.4, -0.2) is 55.4 Å². The van der Waals surface area contributed by atoms with Crippen molar-refractivity contribution in [3.63, 3.8) is 0 Å². The molecule has 0 aromatic heterocycles. The molecule has 0 saturated heterocycles. The van der Waals surface area contributed by atoms with E-state index in [-0.39, 0.29) is 36.8 Å². The SMILES string of the molecule is CN(C1CCCC(=NCC(=O)O)C1C=N)S(=O)(=O)c1cc(C(F)(F)F)cc(C(F)(F)F)c1. The highest BCUT2D eigenvalue weighted by atomic mass is 32.2. The minimum atomic E-state index is -5.22. The maximum atomic E-state index is 13.1. The van der Waals surface area contributed by atoms with Crippen molar-refractivity contribution in [2.75, 3.05) is 13.6 Å². The number of nitrogens with zero attached hydrogens (tertiary/aromatic N) is 2. The maximum Gasteiger partial charge on any atom is 0.416 e. The number of alkyl halides is 6. The molecule has 0 spiro atoms. The smallest absolute Gasteiger partial charge is 0.416 e. The van der Waals surface area contributed by atoms with E-state index in [4.69, 9.17) is 10.5 Å². The van der Waals surface area contributed by atoms with Crippen LogP contribution in [0.15, 0.2) is 28.1 Å². The Hall–Kier alpha value is -2.48.